The zero-order valence-electron chi connectivity index (χ0n) is 9.60. The van der Waals surface area contributed by atoms with Crippen LogP contribution >= 0.6 is 0 Å². The molecule has 0 spiro atoms. The minimum atomic E-state index is -0.0213. The number of amides is 1. The minimum absolute atomic E-state index is 0.0213. The van der Waals surface area contributed by atoms with E-state index in [0.29, 0.717) is 18.8 Å². The molecule has 1 aromatic carbocycles. The molecule has 5 heteroatoms. The van der Waals surface area contributed by atoms with Gasteiger partial charge in [-0.1, -0.05) is 29.8 Å². The number of aryl methyl sites for hydroxylation is 1. The first-order valence-electron chi connectivity index (χ1n) is 5.40. The Morgan fingerprint density at radius 2 is 2.35 bits per heavy atom. The molecule has 0 aliphatic carbocycles. The van der Waals surface area contributed by atoms with Gasteiger partial charge in [0.1, 0.15) is 12.2 Å². The Morgan fingerprint density at radius 3 is 3.06 bits per heavy atom. The first-order chi connectivity index (χ1) is 8.24. The summed E-state index contributed by atoms with van der Waals surface area (Å²) in [6.45, 7) is 2.39. The van der Waals surface area contributed by atoms with Crippen LogP contribution in [0.15, 0.2) is 30.6 Å². The summed E-state index contributed by atoms with van der Waals surface area (Å²) in [5.74, 6) is 0.634. The predicted octanol–water partition coefficient (Wildman–Crippen LogP) is 0.972. The SMILES string of the molecule is Cc1cccc(CC(=O)NCc2ncn[nH]2)c1. The van der Waals surface area contributed by atoms with Crippen LogP contribution in [0.25, 0.3) is 0 Å². The lowest BCUT2D eigenvalue weighted by atomic mass is 10.1. The lowest BCUT2D eigenvalue weighted by Crippen LogP contribution is -2.25. The molecule has 2 N–H and O–H groups in total. The molecular weight excluding hydrogens is 216 g/mol. The molecule has 0 aliphatic heterocycles. The summed E-state index contributed by atoms with van der Waals surface area (Å²) >= 11 is 0. The molecule has 0 unspecified atom stereocenters. The van der Waals surface area contributed by atoms with Crippen LogP contribution in [0.4, 0.5) is 0 Å². The van der Waals surface area contributed by atoms with Crippen molar-refractivity contribution in [2.24, 2.45) is 0 Å². The fourth-order valence-corrected chi connectivity index (χ4v) is 1.57. The first-order valence-corrected chi connectivity index (χ1v) is 5.40. The van der Waals surface area contributed by atoms with Crippen molar-refractivity contribution in [1.29, 1.82) is 0 Å². The quantitative estimate of drug-likeness (QED) is 0.822. The van der Waals surface area contributed by atoms with Crippen LogP contribution < -0.4 is 5.32 Å². The van der Waals surface area contributed by atoms with Gasteiger partial charge in [0.15, 0.2) is 0 Å². The number of hydrogen-bond donors (Lipinski definition) is 2. The van der Waals surface area contributed by atoms with E-state index in [-0.39, 0.29) is 5.91 Å². The number of rotatable bonds is 4. The second kappa shape index (κ2) is 5.25. The maximum atomic E-state index is 11.6. The third-order valence-corrected chi connectivity index (χ3v) is 2.37. The van der Waals surface area contributed by atoms with Crippen molar-refractivity contribution in [3.8, 4) is 0 Å². The molecule has 1 amide bonds. The van der Waals surface area contributed by atoms with Crippen LogP contribution in [-0.2, 0) is 17.8 Å². The summed E-state index contributed by atoms with van der Waals surface area (Å²) in [6.07, 6.45) is 1.80. The lowest BCUT2D eigenvalue weighted by Gasteiger charge is -2.04. The zero-order valence-corrected chi connectivity index (χ0v) is 9.60. The molecule has 2 rings (SSSR count). The zero-order chi connectivity index (χ0) is 12.1. The number of carbonyl (C=O) groups is 1. The number of aromatic amines is 1. The van der Waals surface area contributed by atoms with E-state index >= 15 is 0 Å². The third-order valence-electron chi connectivity index (χ3n) is 2.37. The van der Waals surface area contributed by atoms with Crippen LogP contribution in [0.1, 0.15) is 17.0 Å². The highest BCUT2D eigenvalue weighted by Gasteiger charge is 2.04. The molecule has 88 valence electrons. The maximum absolute atomic E-state index is 11.6. The van der Waals surface area contributed by atoms with Crippen molar-refractivity contribution in [1.82, 2.24) is 20.5 Å². The summed E-state index contributed by atoms with van der Waals surface area (Å²) in [5.41, 5.74) is 2.17. The highest BCUT2D eigenvalue weighted by atomic mass is 16.1. The monoisotopic (exact) mass is 230 g/mol. The second-order valence-corrected chi connectivity index (χ2v) is 3.87. The Hall–Kier alpha value is -2.17. The molecule has 2 aromatic rings. The molecular formula is C12H14N4O. The largest absolute Gasteiger partial charge is 0.349 e. The summed E-state index contributed by atoms with van der Waals surface area (Å²) in [7, 11) is 0. The Bertz CT molecular complexity index is 493. The van der Waals surface area contributed by atoms with Crippen LogP contribution in [0.3, 0.4) is 0 Å². The number of carbonyl (C=O) groups excluding carboxylic acids is 1. The van der Waals surface area contributed by atoms with E-state index in [1.54, 1.807) is 0 Å². The van der Waals surface area contributed by atoms with Crippen molar-refractivity contribution < 1.29 is 4.79 Å². The van der Waals surface area contributed by atoms with Gasteiger partial charge in [-0.05, 0) is 12.5 Å². The van der Waals surface area contributed by atoms with Crippen molar-refractivity contribution >= 4 is 5.91 Å². The fourth-order valence-electron chi connectivity index (χ4n) is 1.57. The summed E-state index contributed by atoms with van der Waals surface area (Å²) in [5, 5.41) is 9.18. The number of nitrogens with one attached hydrogen (secondary N) is 2. The van der Waals surface area contributed by atoms with Gasteiger partial charge in [0.2, 0.25) is 5.91 Å². The van der Waals surface area contributed by atoms with Gasteiger partial charge < -0.3 is 5.32 Å². The van der Waals surface area contributed by atoms with E-state index in [1.165, 1.54) is 6.33 Å². The molecule has 0 radical (unpaired) electrons. The molecule has 0 bridgehead atoms. The van der Waals surface area contributed by atoms with Gasteiger partial charge in [-0.3, -0.25) is 9.89 Å². The van der Waals surface area contributed by atoms with Crippen molar-refractivity contribution in [3.05, 3.63) is 47.5 Å². The second-order valence-electron chi connectivity index (χ2n) is 3.87. The van der Waals surface area contributed by atoms with Gasteiger partial charge in [-0.2, -0.15) is 5.10 Å². The summed E-state index contributed by atoms with van der Waals surface area (Å²) in [6, 6.07) is 7.92. The number of H-pyrrole nitrogens is 1. The molecule has 0 fully saturated rings. The van der Waals surface area contributed by atoms with Gasteiger partial charge in [-0.15, -0.1) is 0 Å². The number of hydrogen-bond acceptors (Lipinski definition) is 3. The Balaban J connectivity index is 1.85. The number of nitrogens with zero attached hydrogens (tertiary/aromatic N) is 2. The van der Waals surface area contributed by atoms with Crippen molar-refractivity contribution in [3.63, 3.8) is 0 Å². The highest BCUT2D eigenvalue weighted by Crippen LogP contribution is 2.04. The van der Waals surface area contributed by atoms with Gasteiger partial charge in [0.05, 0.1) is 13.0 Å². The van der Waals surface area contributed by atoms with E-state index in [9.17, 15) is 4.79 Å². The molecule has 0 aliphatic rings. The summed E-state index contributed by atoms with van der Waals surface area (Å²) in [4.78, 5) is 15.6. The van der Waals surface area contributed by atoms with E-state index < -0.39 is 0 Å². The maximum Gasteiger partial charge on any atom is 0.224 e. The standard InChI is InChI=1S/C12H14N4O/c1-9-3-2-4-10(5-9)6-12(17)13-7-11-14-8-15-16-11/h2-5,8H,6-7H2,1H3,(H,13,17)(H,14,15,16). The van der Waals surface area contributed by atoms with Crippen LogP contribution in [0.2, 0.25) is 0 Å². The van der Waals surface area contributed by atoms with E-state index in [4.69, 9.17) is 0 Å². The smallest absolute Gasteiger partial charge is 0.224 e. The normalized spacial score (nSPS) is 10.2. The molecule has 0 atom stereocenters. The Morgan fingerprint density at radius 1 is 1.47 bits per heavy atom. The van der Waals surface area contributed by atoms with Gasteiger partial charge >= 0.3 is 0 Å². The molecule has 1 heterocycles. The first kappa shape index (κ1) is 11.3. The van der Waals surface area contributed by atoms with E-state index in [2.05, 4.69) is 20.5 Å². The fraction of sp³-hybridized carbons (Fsp3) is 0.250. The average molecular weight is 230 g/mol. The molecule has 1 aromatic heterocycles. The van der Waals surface area contributed by atoms with Crippen LogP contribution in [0.5, 0.6) is 0 Å². The molecule has 5 nitrogen and oxygen atoms in total. The highest BCUT2D eigenvalue weighted by molar-refractivity contribution is 5.78. The lowest BCUT2D eigenvalue weighted by molar-refractivity contribution is -0.120. The van der Waals surface area contributed by atoms with Gasteiger partial charge in [-0.25, -0.2) is 4.98 Å². The number of aromatic nitrogens is 3. The van der Waals surface area contributed by atoms with Crippen molar-refractivity contribution in [2.45, 2.75) is 19.9 Å². The predicted molar refractivity (Wildman–Crippen MR) is 63.1 cm³/mol. The molecule has 0 saturated heterocycles. The Kier molecular flexibility index (Phi) is 3.49. The molecule has 0 saturated carbocycles. The van der Waals surface area contributed by atoms with E-state index in [0.717, 1.165) is 11.1 Å². The van der Waals surface area contributed by atoms with Gasteiger partial charge in [0, 0.05) is 0 Å². The van der Waals surface area contributed by atoms with E-state index in [1.807, 2.05) is 31.2 Å². The Labute approximate surface area is 99.3 Å². The number of benzene rings is 1. The van der Waals surface area contributed by atoms with Crippen LogP contribution in [0, 0.1) is 6.92 Å². The third kappa shape index (κ3) is 3.41. The van der Waals surface area contributed by atoms with Crippen LogP contribution in [-0.4, -0.2) is 21.1 Å². The minimum Gasteiger partial charge on any atom is -0.349 e. The summed E-state index contributed by atoms with van der Waals surface area (Å²) < 4.78 is 0. The van der Waals surface area contributed by atoms with Gasteiger partial charge in [0.25, 0.3) is 0 Å². The topological polar surface area (TPSA) is 70.7 Å². The van der Waals surface area contributed by atoms with Crippen molar-refractivity contribution in [2.75, 3.05) is 0 Å². The average Bonchev–Trinajstić information content (AvgIpc) is 2.79. The molecule has 17 heavy (non-hydrogen) atoms.